The van der Waals surface area contributed by atoms with E-state index in [1.807, 2.05) is 73.8 Å². The summed E-state index contributed by atoms with van der Waals surface area (Å²) < 4.78 is 2.67. The fraction of sp³-hybridized carbons (Fsp3) is 0.136. The first-order valence-electron chi connectivity index (χ1n) is 8.92. The number of benzene rings is 2. The molecule has 6 heteroatoms. The van der Waals surface area contributed by atoms with Gasteiger partial charge in [0.15, 0.2) is 5.16 Å². The van der Waals surface area contributed by atoms with E-state index >= 15 is 0 Å². The maximum absolute atomic E-state index is 13.4. The van der Waals surface area contributed by atoms with Crippen LogP contribution in [0.2, 0.25) is 0 Å². The summed E-state index contributed by atoms with van der Waals surface area (Å²) in [6, 6.07) is 19.5. The van der Waals surface area contributed by atoms with Crippen LogP contribution in [0, 0.1) is 0 Å². The van der Waals surface area contributed by atoms with Crippen molar-refractivity contribution in [3.05, 3.63) is 99.0 Å². The molecule has 0 saturated heterocycles. The van der Waals surface area contributed by atoms with Gasteiger partial charge in [0.25, 0.3) is 5.56 Å². The second-order valence-electron chi connectivity index (χ2n) is 6.47. The lowest BCUT2D eigenvalue weighted by atomic mass is 10.1. The topological polar surface area (TPSA) is 47.8 Å². The Morgan fingerprint density at radius 2 is 1.93 bits per heavy atom. The SMILES string of the molecule is CC(c1ccccc1)n1c(SCc2cccnc2)nc2ccc(Br)cc2c1=O. The number of halogens is 1. The summed E-state index contributed by atoms with van der Waals surface area (Å²) in [4.78, 5) is 22.4. The van der Waals surface area contributed by atoms with Gasteiger partial charge in [0.2, 0.25) is 0 Å². The molecule has 0 radical (unpaired) electrons. The van der Waals surface area contributed by atoms with E-state index in [0.29, 0.717) is 21.8 Å². The van der Waals surface area contributed by atoms with Crippen LogP contribution >= 0.6 is 27.7 Å². The van der Waals surface area contributed by atoms with E-state index in [1.54, 1.807) is 22.5 Å². The van der Waals surface area contributed by atoms with Crippen molar-refractivity contribution >= 4 is 38.6 Å². The van der Waals surface area contributed by atoms with E-state index in [4.69, 9.17) is 4.98 Å². The lowest BCUT2D eigenvalue weighted by Gasteiger charge is -2.20. The first-order valence-corrected chi connectivity index (χ1v) is 10.7. The second-order valence-corrected chi connectivity index (χ2v) is 8.33. The van der Waals surface area contributed by atoms with Gasteiger partial charge >= 0.3 is 0 Å². The summed E-state index contributed by atoms with van der Waals surface area (Å²) in [5, 5.41) is 1.32. The fourth-order valence-corrected chi connectivity index (χ4v) is 4.48. The quantitative estimate of drug-likeness (QED) is 0.298. The average molecular weight is 452 g/mol. The van der Waals surface area contributed by atoms with Crippen LogP contribution in [0.15, 0.2) is 87.5 Å². The van der Waals surface area contributed by atoms with Crippen molar-refractivity contribution < 1.29 is 0 Å². The van der Waals surface area contributed by atoms with Gasteiger partial charge in [-0.05, 0) is 42.3 Å². The van der Waals surface area contributed by atoms with E-state index in [9.17, 15) is 4.79 Å². The maximum Gasteiger partial charge on any atom is 0.262 e. The van der Waals surface area contributed by atoms with Crippen LogP contribution in [-0.2, 0) is 5.75 Å². The fourth-order valence-electron chi connectivity index (χ4n) is 3.11. The molecule has 0 amide bonds. The summed E-state index contributed by atoms with van der Waals surface area (Å²) in [6.07, 6.45) is 3.60. The van der Waals surface area contributed by atoms with Crippen molar-refractivity contribution in [2.45, 2.75) is 23.9 Å². The minimum absolute atomic E-state index is 0.0312. The Labute approximate surface area is 175 Å². The van der Waals surface area contributed by atoms with Crippen molar-refractivity contribution in [3.63, 3.8) is 0 Å². The Bertz CT molecular complexity index is 1160. The largest absolute Gasteiger partial charge is 0.280 e. The van der Waals surface area contributed by atoms with E-state index < -0.39 is 0 Å². The van der Waals surface area contributed by atoms with E-state index in [-0.39, 0.29) is 11.6 Å². The molecule has 0 spiro atoms. The molecule has 0 bridgehead atoms. The molecule has 28 heavy (non-hydrogen) atoms. The summed E-state index contributed by atoms with van der Waals surface area (Å²) >= 11 is 5.02. The number of hydrogen-bond acceptors (Lipinski definition) is 4. The predicted molar refractivity (Wildman–Crippen MR) is 118 cm³/mol. The number of pyridine rings is 1. The molecule has 1 atom stereocenters. The van der Waals surface area contributed by atoms with Crippen molar-refractivity contribution in [1.29, 1.82) is 0 Å². The van der Waals surface area contributed by atoms with E-state index in [2.05, 4.69) is 20.9 Å². The third kappa shape index (κ3) is 3.88. The number of fused-ring (bicyclic) bond motifs is 1. The molecule has 0 aliphatic carbocycles. The van der Waals surface area contributed by atoms with E-state index in [1.165, 1.54) is 0 Å². The molecule has 140 valence electrons. The van der Waals surface area contributed by atoms with Gasteiger partial charge in [-0.2, -0.15) is 0 Å². The van der Waals surface area contributed by atoms with Crippen molar-refractivity contribution in [3.8, 4) is 0 Å². The Kier molecular flexibility index (Phi) is 5.59. The Morgan fingerprint density at radius 1 is 1.11 bits per heavy atom. The number of nitrogens with zero attached hydrogens (tertiary/aromatic N) is 3. The molecule has 0 N–H and O–H groups in total. The normalized spacial score (nSPS) is 12.2. The molecule has 1 unspecified atom stereocenters. The molecule has 4 nitrogen and oxygen atoms in total. The first kappa shape index (κ1) is 18.9. The molecule has 2 heterocycles. The van der Waals surface area contributed by atoms with Gasteiger partial charge in [0.05, 0.1) is 16.9 Å². The molecule has 0 fully saturated rings. The summed E-state index contributed by atoms with van der Waals surface area (Å²) in [6.45, 7) is 2.04. The van der Waals surface area contributed by atoms with Crippen molar-refractivity contribution in [2.24, 2.45) is 0 Å². The van der Waals surface area contributed by atoms with Gasteiger partial charge in [0, 0.05) is 22.6 Å². The minimum Gasteiger partial charge on any atom is -0.280 e. The molecule has 2 aromatic carbocycles. The number of aromatic nitrogens is 3. The van der Waals surface area contributed by atoms with Crippen LogP contribution in [0.4, 0.5) is 0 Å². The van der Waals surface area contributed by atoms with Crippen molar-refractivity contribution in [2.75, 3.05) is 0 Å². The minimum atomic E-state index is -0.124. The smallest absolute Gasteiger partial charge is 0.262 e. The Hall–Kier alpha value is -2.44. The predicted octanol–water partition coefficient (Wildman–Crippen LogP) is 5.46. The Balaban J connectivity index is 1.84. The van der Waals surface area contributed by atoms with Gasteiger partial charge in [-0.15, -0.1) is 0 Å². The summed E-state index contributed by atoms with van der Waals surface area (Å²) in [5.74, 6) is 0.698. The van der Waals surface area contributed by atoms with Crippen LogP contribution in [-0.4, -0.2) is 14.5 Å². The molecular weight excluding hydrogens is 434 g/mol. The van der Waals surface area contributed by atoms with Gasteiger partial charge < -0.3 is 0 Å². The highest BCUT2D eigenvalue weighted by atomic mass is 79.9. The van der Waals surface area contributed by atoms with Crippen LogP contribution < -0.4 is 5.56 Å². The highest BCUT2D eigenvalue weighted by Gasteiger charge is 2.18. The van der Waals surface area contributed by atoms with Gasteiger partial charge in [0.1, 0.15) is 0 Å². The lowest BCUT2D eigenvalue weighted by molar-refractivity contribution is 0.548. The summed E-state index contributed by atoms with van der Waals surface area (Å²) in [7, 11) is 0. The molecule has 2 aromatic heterocycles. The number of rotatable bonds is 5. The molecule has 4 aromatic rings. The zero-order chi connectivity index (χ0) is 19.5. The maximum atomic E-state index is 13.4. The zero-order valence-electron chi connectivity index (χ0n) is 15.2. The van der Waals surface area contributed by atoms with Gasteiger partial charge in [-0.1, -0.05) is 64.1 Å². The standard InChI is InChI=1S/C22H18BrN3OS/c1-15(17-7-3-2-4-8-17)26-21(27)19-12-18(23)9-10-20(19)25-22(26)28-14-16-6-5-11-24-13-16/h2-13,15H,14H2,1H3. The van der Waals surface area contributed by atoms with Crippen LogP contribution in [0.1, 0.15) is 24.1 Å². The van der Waals surface area contributed by atoms with Crippen LogP contribution in [0.25, 0.3) is 10.9 Å². The van der Waals surface area contributed by atoms with Crippen molar-refractivity contribution in [1.82, 2.24) is 14.5 Å². The average Bonchev–Trinajstić information content (AvgIpc) is 2.74. The van der Waals surface area contributed by atoms with Gasteiger partial charge in [-0.3, -0.25) is 14.3 Å². The lowest BCUT2D eigenvalue weighted by Crippen LogP contribution is -2.27. The molecule has 0 saturated carbocycles. The Morgan fingerprint density at radius 3 is 2.68 bits per heavy atom. The third-order valence-electron chi connectivity index (χ3n) is 4.59. The molecular formula is C22H18BrN3OS. The molecule has 0 aliphatic rings. The highest BCUT2D eigenvalue weighted by molar-refractivity contribution is 9.10. The van der Waals surface area contributed by atoms with Gasteiger partial charge in [-0.25, -0.2) is 4.98 Å². The zero-order valence-corrected chi connectivity index (χ0v) is 17.7. The first-order chi connectivity index (χ1) is 13.6. The van der Waals surface area contributed by atoms with Crippen LogP contribution in [0.5, 0.6) is 0 Å². The molecule has 0 aliphatic heterocycles. The second kappa shape index (κ2) is 8.29. The third-order valence-corrected chi connectivity index (χ3v) is 6.11. The summed E-state index contributed by atoms with van der Waals surface area (Å²) in [5.41, 5.74) is 2.84. The molecule has 4 rings (SSSR count). The van der Waals surface area contributed by atoms with Crippen LogP contribution in [0.3, 0.4) is 0 Å². The number of hydrogen-bond donors (Lipinski definition) is 0. The van der Waals surface area contributed by atoms with E-state index in [0.717, 1.165) is 15.6 Å². The monoisotopic (exact) mass is 451 g/mol. The number of thioether (sulfide) groups is 1. The highest BCUT2D eigenvalue weighted by Crippen LogP contribution is 2.27.